The van der Waals surface area contributed by atoms with Gasteiger partial charge >= 0.3 is 5.97 Å². The van der Waals surface area contributed by atoms with E-state index < -0.39 is 16.0 Å². The number of hydrogen-bond acceptors (Lipinski definition) is 5. The van der Waals surface area contributed by atoms with Gasteiger partial charge in [0.25, 0.3) is 5.91 Å². The summed E-state index contributed by atoms with van der Waals surface area (Å²) in [5.74, 6) is 0.294. The lowest BCUT2D eigenvalue weighted by Crippen LogP contribution is -2.45. The van der Waals surface area contributed by atoms with Crippen LogP contribution in [0.5, 0.6) is 0 Å². The van der Waals surface area contributed by atoms with E-state index >= 15 is 0 Å². The smallest absolute Gasteiger partial charge is 0.306 e. The van der Waals surface area contributed by atoms with Gasteiger partial charge in [-0.15, -0.1) is 0 Å². The Labute approximate surface area is 186 Å². The second-order valence-corrected chi connectivity index (χ2v) is 10.3. The monoisotopic (exact) mass is 452 g/mol. The molecule has 7 nitrogen and oxygen atoms in total. The molecule has 0 bridgehead atoms. The van der Waals surface area contributed by atoms with Gasteiger partial charge in [0.2, 0.25) is 10.0 Å². The van der Waals surface area contributed by atoms with Crippen molar-refractivity contribution in [1.29, 1.82) is 0 Å². The van der Waals surface area contributed by atoms with E-state index in [2.05, 4.69) is 19.2 Å². The molecule has 3 atom stereocenters. The zero-order valence-corrected chi connectivity index (χ0v) is 19.9. The molecule has 1 aromatic carbocycles. The van der Waals surface area contributed by atoms with Gasteiger partial charge in [0, 0.05) is 25.6 Å². The van der Waals surface area contributed by atoms with Gasteiger partial charge in [-0.1, -0.05) is 52.7 Å². The summed E-state index contributed by atoms with van der Waals surface area (Å²) in [6.07, 6.45) is 3.80. The first-order chi connectivity index (χ1) is 14.7. The minimum absolute atomic E-state index is 0.131. The van der Waals surface area contributed by atoms with Crippen LogP contribution in [0.4, 0.5) is 0 Å². The molecule has 0 heterocycles. The lowest BCUT2D eigenvalue weighted by atomic mass is 9.78. The summed E-state index contributed by atoms with van der Waals surface area (Å²) in [6.45, 7) is 8.53. The Bertz CT molecular complexity index is 834. The number of esters is 1. The molecule has 0 spiro atoms. The first-order valence-electron chi connectivity index (χ1n) is 11.2. The SMILES string of the molecule is CCN(CC)S(=O)(=O)c1ccc(CCC(=O)OCC(=O)NC2CCCC(C)C2C)cc1. The summed E-state index contributed by atoms with van der Waals surface area (Å²) in [5, 5.41) is 2.99. The van der Waals surface area contributed by atoms with E-state index in [1.807, 2.05) is 0 Å². The molecule has 1 aromatic rings. The average molecular weight is 453 g/mol. The van der Waals surface area contributed by atoms with Crippen LogP contribution >= 0.6 is 0 Å². The maximum atomic E-state index is 12.5. The lowest BCUT2D eigenvalue weighted by molar-refractivity contribution is -0.148. The van der Waals surface area contributed by atoms with Crippen LogP contribution in [0.25, 0.3) is 0 Å². The molecule has 8 heteroatoms. The Morgan fingerprint density at radius 1 is 1.10 bits per heavy atom. The summed E-state index contributed by atoms with van der Waals surface area (Å²) in [5.41, 5.74) is 0.838. The molecule has 1 N–H and O–H groups in total. The van der Waals surface area contributed by atoms with Gasteiger partial charge in [0.15, 0.2) is 6.61 Å². The number of carbonyl (C=O) groups excluding carboxylic acids is 2. The Hall–Kier alpha value is -1.93. The van der Waals surface area contributed by atoms with E-state index in [-0.39, 0.29) is 29.9 Å². The van der Waals surface area contributed by atoms with Crippen LogP contribution in [-0.2, 0) is 30.8 Å². The third kappa shape index (κ3) is 7.04. The second-order valence-electron chi connectivity index (χ2n) is 8.34. The van der Waals surface area contributed by atoms with E-state index in [1.54, 1.807) is 38.1 Å². The van der Waals surface area contributed by atoms with Crippen LogP contribution in [-0.4, -0.2) is 50.3 Å². The molecule has 31 heavy (non-hydrogen) atoms. The Balaban J connectivity index is 1.78. The molecular formula is C23H36N2O5S. The predicted octanol–water partition coefficient (Wildman–Crippen LogP) is 3.13. The van der Waals surface area contributed by atoms with Crippen LogP contribution in [0.3, 0.4) is 0 Å². The molecule has 2 rings (SSSR count). The molecule has 0 saturated heterocycles. The van der Waals surface area contributed by atoms with Gasteiger partial charge in [0.05, 0.1) is 4.90 Å². The number of aryl methyl sites for hydroxylation is 1. The molecule has 1 aliphatic carbocycles. The minimum atomic E-state index is -3.49. The molecule has 1 amide bonds. The maximum absolute atomic E-state index is 12.5. The van der Waals surface area contributed by atoms with Gasteiger partial charge < -0.3 is 10.1 Å². The van der Waals surface area contributed by atoms with Crippen LogP contribution in [0.1, 0.15) is 58.9 Å². The normalized spacial score (nSPS) is 21.6. The largest absolute Gasteiger partial charge is 0.456 e. The summed E-state index contributed by atoms with van der Waals surface area (Å²) in [7, 11) is -3.49. The van der Waals surface area contributed by atoms with Crippen molar-refractivity contribution < 1.29 is 22.7 Å². The maximum Gasteiger partial charge on any atom is 0.306 e. The number of rotatable bonds is 10. The Kier molecular flexibility index (Phi) is 9.50. The number of nitrogens with one attached hydrogen (secondary N) is 1. The minimum Gasteiger partial charge on any atom is -0.456 e. The second kappa shape index (κ2) is 11.6. The highest BCUT2D eigenvalue weighted by molar-refractivity contribution is 7.89. The average Bonchev–Trinajstić information content (AvgIpc) is 2.75. The van der Waals surface area contributed by atoms with Crippen molar-refractivity contribution in [1.82, 2.24) is 9.62 Å². The zero-order chi connectivity index (χ0) is 23.0. The number of nitrogens with zero attached hydrogens (tertiary/aromatic N) is 1. The standard InChI is InChI=1S/C23H36N2O5S/c1-5-25(6-2)31(28,29)20-13-10-19(11-14-20)12-15-23(27)30-16-22(26)24-21-9-7-8-17(3)18(21)4/h10-11,13-14,17-18,21H,5-9,12,15-16H2,1-4H3,(H,24,26). The van der Waals surface area contributed by atoms with Crippen LogP contribution < -0.4 is 5.32 Å². The quantitative estimate of drug-likeness (QED) is 0.551. The van der Waals surface area contributed by atoms with Gasteiger partial charge in [-0.05, 0) is 42.4 Å². The Morgan fingerprint density at radius 2 is 1.74 bits per heavy atom. The van der Waals surface area contributed by atoms with Crippen molar-refractivity contribution in [2.75, 3.05) is 19.7 Å². The molecule has 174 valence electrons. The van der Waals surface area contributed by atoms with Crippen molar-refractivity contribution in [3.05, 3.63) is 29.8 Å². The molecular weight excluding hydrogens is 416 g/mol. The number of amides is 1. The molecule has 3 unspecified atom stereocenters. The first kappa shape index (κ1) is 25.3. The molecule has 1 fully saturated rings. The fraction of sp³-hybridized carbons (Fsp3) is 0.652. The van der Waals surface area contributed by atoms with Crippen molar-refractivity contribution in [3.63, 3.8) is 0 Å². The van der Waals surface area contributed by atoms with Crippen molar-refractivity contribution in [3.8, 4) is 0 Å². The number of sulfonamides is 1. The summed E-state index contributed by atoms with van der Waals surface area (Å²) in [4.78, 5) is 24.4. The number of carbonyl (C=O) groups is 2. The summed E-state index contributed by atoms with van der Waals surface area (Å²) in [6, 6.07) is 6.69. The van der Waals surface area contributed by atoms with E-state index in [4.69, 9.17) is 4.74 Å². The predicted molar refractivity (Wildman–Crippen MR) is 120 cm³/mol. The van der Waals surface area contributed by atoms with Crippen LogP contribution in [0.2, 0.25) is 0 Å². The van der Waals surface area contributed by atoms with Crippen molar-refractivity contribution in [2.24, 2.45) is 11.8 Å². The zero-order valence-electron chi connectivity index (χ0n) is 19.1. The fourth-order valence-electron chi connectivity index (χ4n) is 4.04. The van der Waals surface area contributed by atoms with E-state index in [1.165, 1.54) is 10.7 Å². The number of benzene rings is 1. The summed E-state index contributed by atoms with van der Waals surface area (Å²) >= 11 is 0. The number of ether oxygens (including phenoxy) is 1. The highest BCUT2D eigenvalue weighted by atomic mass is 32.2. The highest BCUT2D eigenvalue weighted by Gasteiger charge is 2.28. The van der Waals surface area contributed by atoms with Gasteiger partial charge in [-0.2, -0.15) is 4.31 Å². The molecule has 0 radical (unpaired) electrons. The van der Waals surface area contributed by atoms with E-state index in [0.29, 0.717) is 31.3 Å². The van der Waals surface area contributed by atoms with Gasteiger partial charge in [-0.3, -0.25) is 9.59 Å². The third-order valence-electron chi connectivity index (χ3n) is 6.30. The number of hydrogen-bond donors (Lipinski definition) is 1. The van der Waals surface area contributed by atoms with Crippen molar-refractivity contribution >= 4 is 21.9 Å². The highest BCUT2D eigenvalue weighted by Crippen LogP contribution is 2.29. The third-order valence-corrected chi connectivity index (χ3v) is 8.37. The fourth-order valence-corrected chi connectivity index (χ4v) is 5.50. The summed E-state index contributed by atoms with van der Waals surface area (Å²) < 4.78 is 31.5. The Morgan fingerprint density at radius 3 is 2.35 bits per heavy atom. The molecule has 1 aliphatic rings. The van der Waals surface area contributed by atoms with Gasteiger partial charge in [-0.25, -0.2) is 8.42 Å². The molecule has 0 aromatic heterocycles. The topological polar surface area (TPSA) is 92.8 Å². The van der Waals surface area contributed by atoms with E-state index in [0.717, 1.165) is 18.4 Å². The molecule has 0 aliphatic heterocycles. The van der Waals surface area contributed by atoms with E-state index in [9.17, 15) is 18.0 Å². The van der Waals surface area contributed by atoms with Gasteiger partial charge in [0.1, 0.15) is 0 Å². The van der Waals surface area contributed by atoms with Crippen LogP contribution in [0, 0.1) is 11.8 Å². The molecule has 1 saturated carbocycles. The first-order valence-corrected chi connectivity index (χ1v) is 12.7. The van der Waals surface area contributed by atoms with Crippen LogP contribution in [0.15, 0.2) is 29.2 Å². The van der Waals surface area contributed by atoms with Crippen molar-refractivity contribution in [2.45, 2.75) is 70.7 Å². The lowest BCUT2D eigenvalue weighted by Gasteiger charge is -2.34.